The highest BCUT2D eigenvalue weighted by Gasteiger charge is 2.13. The van der Waals surface area contributed by atoms with Crippen molar-refractivity contribution in [2.45, 2.75) is 33.8 Å². The molecule has 0 saturated carbocycles. The number of amides is 1. The third kappa shape index (κ3) is 8.81. The van der Waals surface area contributed by atoms with Gasteiger partial charge in [-0.3, -0.25) is 9.59 Å². The van der Waals surface area contributed by atoms with E-state index in [0.717, 1.165) is 0 Å². The number of aliphatic hydroxyl groups excluding tert-OH is 3. The molecule has 2 unspecified atom stereocenters. The van der Waals surface area contributed by atoms with Crippen LogP contribution in [0.4, 0.5) is 0 Å². The number of ketones is 1. The minimum absolute atomic E-state index is 0.0348. The Bertz CT molecular complexity index is 587. The van der Waals surface area contributed by atoms with Crippen LogP contribution < -0.4 is 10.6 Å². The Labute approximate surface area is 161 Å². The molecule has 0 aliphatic heterocycles. The Hall–Kier alpha value is -2.22. The van der Waals surface area contributed by atoms with Gasteiger partial charge in [0.05, 0.1) is 12.7 Å². The Morgan fingerprint density at radius 1 is 1.00 bits per heavy atom. The number of rotatable bonds is 10. The lowest BCUT2D eigenvalue weighted by molar-refractivity contribution is 0.0942. The van der Waals surface area contributed by atoms with Gasteiger partial charge in [0.1, 0.15) is 0 Å². The molecular formula is C20H32N2O5. The van der Waals surface area contributed by atoms with Gasteiger partial charge < -0.3 is 26.0 Å². The van der Waals surface area contributed by atoms with Crippen LogP contribution >= 0.6 is 0 Å². The number of carbonyl (C=O) groups is 2. The van der Waals surface area contributed by atoms with Crippen LogP contribution in [0.5, 0.6) is 0 Å². The smallest absolute Gasteiger partial charge is 0.251 e. The van der Waals surface area contributed by atoms with Crippen LogP contribution in [-0.2, 0) is 0 Å². The summed E-state index contributed by atoms with van der Waals surface area (Å²) in [5, 5.41) is 32.8. The van der Waals surface area contributed by atoms with Crippen molar-refractivity contribution in [2.24, 2.45) is 5.92 Å². The summed E-state index contributed by atoms with van der Waals surface area (Å²) in [6.07, 6.45) is -0.935. The summed E-state index contributed by atoms with van der Waals surface area (Å²) in [7, 11) is 0. The molecule has 0 aliphatic carbocycles. The molecule has 2 atom stereocenters. The van der Waals surface area contributed by atoms with Gasteiger partial charge in [0.15, 0.2) is 5.78 Å². The van der Waals surface area contributed by atoms with E-state index in [1.54, 1.807) is 19.1 Å². The van der Waals surface area contributed by atoms with E-state index < -0.39 is 6.10 Å². The van der Waals surface area contributed by atoms with Gasteiger partial charge in [-0.25, -0.2) is 0 Å². The number of hydrogen-bond donors (Lipinski definition) is 5. The average molecular weight is 380 g/mol. The number of hydrogen-bond acceptors (Lipinski definition) is 6. The second kappa shape index (κ2) is 13.0. The number of Topliss-reactive ketones (excluding diaryl/α,β-unsaturated/α-hetero) is 1. The Morgan fingerprint density at radius 3 is 2.07 bits per heavy atom. The quantitative estimate of drug-likeness (QED) is 0.389. The molecule has 0 saturated heterocycles. The number of nitrogens with one attached hydrogen (secondary N) is 2. The summed E-state index contributed by atoms with van der Waals surface area (Å²) in [6.45, 7) is 11.0. The fraction of sp³-hybridized carbons (Fsp3) is 0.500. The average Bonchev–Trinajstić information content (AvgIpc) is 2.70. The molecular weight excluding hydrogens is 348 g/mol. The van der Waals surface area contributed by atoms with E-state index in [9.17, 15) is 14.7 Å². The van der Waals surface area contributed by atoms with Gasteiger partial charge in [-0.05, 0) is 36.6 Å². The van der Waals surface area contributed by atoms with Crippen LogP contribution in [0.1, 0.15) is 54.0 Å². The second-order valence-corrected chi connectivity index (χ2v) is 6.05. The van der Waals surface area contributed by atoms with Gasteiger partial charge >= 0.3 is 0 Å². The van der Waals surface area contributed by atoms with Crippen LogP contribution in [0.2, 0.25) is 0 Å². The molecule has 1 rings (SSSR count). The normalized spacial score (nSPS) is 12.3. The highest BCUT2D eigenvalue weighted by atomic mass is 16.3. The Morgan fingerprint density at radius 2 is 1.56 bits per heavy atom. The summed E-state index contributed by atoms with van der Waals surface area (Å²) in [5.41, 5.74) is 1.63. The summed E-state index contributed by atoms with van der Waals surface area (Å²) < 4.78 is 0. The SMILES string of the molecule is C=C(NCC(O)CO)c1cc(C(C)=O)cc(C(=O)NCC(C)CO)c1.CC. The first-order chi connectivity index (χ1) is 12.8. The molecule has 0 aliphatic rings. The van der Waals surface area contributed by atoms with Gasteiger partial charge in [0.2, 0.25) is 0 Å². The third-order valence-electron chi connectivity index (χ3n) is 3.63. The highest BCUT2D eigenvalue weighted by Crippen LogP contribution is 2.17. The summed E-state index contributed by atoms with van der Waals surface area (Å²) in [4.78, 5) is 24.0. The zero-order chi connectivity index (χ0) is 21.0. The van der Waals surface area contributed by atoms with Crippen molar-refractivity contribution < 1.29 is 24.9 Å². The van der Waals surface area contributed by atoms with E-state index >= 15 is 0 Å². The molecule has 0 aromatic heterocycles. The van der Waals surface area contributed by atoms with Crippen LogP contribution in [0, 0.1) is 5.92 Å². The molecule has 1 aromatic rings. The molecule has 0 spiro atoms. The lowest BCUT2D eigenvalue weighted by Gasteiger charge is -2.15. The van der Waals surface area contributed by atoms with Gasteiger partial charge in [-0.1, -0.05) is 27.4 Å². The van der Waals surface area contributed by atoms with Gasteiger partial charge in [0, 0.05) is 36.5 Å². The van der Waals surface area contributed by atoms with Crippen molar-refractivity contribution in [1.82, 2.24) is 10.6 Å². The van der Waals surface area contributed by atoms with E-state index in [0.29, 0.717) is 28.9 Å². The number of carbonyl (C=O) groups excluding carboxylic acids is 2. The topological polar surface area (TPSA) is 119 Å². The Balaban J connectivity index is 0.00000326. The maximum atomic E-state index is 12.3. The molecule has 1 amide bonds. The molecule has 0 heterocycles. The molecule has 27 heavy (non-hydrogen) atoms. The first kappa shape index (κ1) is 24.8. The molecule has 1 aromatic carbocycles. The van der Waals surface area contributed by atoms with E-state index in [4.69, 9.17) is 10.2 Å². The first-order valence-electron chi connectivity index (χ1n) is 9.05. The van der Waals surface area contributed by atoms with E-state index in [-0.39, 0.29) is 37.4 Å². The van der Waals surface area contributed by atoms with Crippen molar-refractivity contribution in [3.05, 3.63) is 41.5 Å². The van der Waals surface area contributed by atoms with Crippen LogP contribution in [0.3, 0.4) is 0 Å². The molecule has 7 nitrogen and oxygen atoms in total. The van der Waals surface area contributed by atoms with Crippen molar-refractivity contribution in [1.29, 1.82) is 0 Å². The molecule has 0 fully saturated rings. The van der Waals surface area contributed by atoms with Crippen molar-refractivity contribution in [2.75, 3.05) is 26.3 Å². The molecule has 7 heteroatoms. The van der Waals surface area contributed by atoms with E-state index in [2.05, 4.69) is 17.2 Å². The van der Waals surface area contributed by atoms with Gasteiger partial charge in [-0.15, -0.1) is 0 Å². The summed E-state index contributed by atoms with van der Waals surface area (Å²) in [6, 6.07) is 4.70. The van der Waals surface area contributed by atoms with Gasteiger partial charge in [0.25, 0.3) is 5.91 Å². The molecule has 152 valence electrons. The number of benzene rings is 1. The molecule has 0 radical (unpaired) electrons. The highest BCUT2D eigenvalue weighted by molar-refractivity contribution is 6.00. The second-order valence-electron chi connectivity index (χ2n) is 6.05. The number of aliphatic hydroxyl groups is 3. The van der Waals surface area contributed by atoms with Crippen LogP contribution in [-0.4, -0.2) is 59.4 Å². The largest absolute Gasteiger partial charge is 0.396 e. The van der Waals surface area contributed by atoms with Gasteiger partial charge in [-0.2, -0.15) is 0 Å². The van der Waals surface area contributed by atoms with Crippen LogP contribution in [0.15, 0.2) is 24.8 Å². The predicted octanol–water partition coefficient (Wildman–Crippen LogP) is 1.19. The minimum atomic E-state index is -0.935. The van der Waals surface area contributed by atoms with Crippen molar-refractivity contribution >= 4 is 17.4 Å². The van der Waals surface area contributed by atoms with Crippen molar-refractivity contribution in [3.63, 3.8) is 0 Å². The maximum absolute atomic E-state index is 12.3. The van der Waals surface area contributed by atoms with Crippen molar-refractivity contribution in [3.8, 4) is 0 Å². The fourth-order valence-corrected chi connectivity index (χ4v) is 1.98. The predicted molar refractivity (Wildman–Crippen MR) is 107 cm³/mol. The van der Waals surface area contributed by atoms with Crippen LogP contribution in [0.25, 0.3) is 5.70 Å². The zero-order valence-electron chi connectivity index (χ0n) is 16.6. The molecule has 0 bridgehead atoms. The summed E-state index contributed by atoms with van der Waals surface area (Å²) >= 11 is 0. The zero-order valence-corrected chi connectivity index (χ0v) is 16.6. The Kier molecular flexibility index (Phi) is 12.0. The third-order valence-corrected chi connectivity index (χ3v) is 3.63. The minimum Gasteiger partial charge on any atom is -0.396 e. The fourth-order valence-electron chi connectivity index (χ4n) is 1.98. The standard InChI is InChI=1S/C18H26N2O5.C2H6/c1-11(9-21)7-20-18(25)16-5-14(4-15(6-16)13(3)23)12(2)19-8-17(24)10-22;1-2/h4-6,11,17,19,21-22,24H,2,7-10H2,1,3H3,(H,20,25);1-2H3. The lowest BCUT2D eigenvalue weighted by atomic mass is 10.0. The maximum Gasteiger partial charge on any atom is 0.251 e. The van der Waals surface area contributed by atoms with E-state index in [1.807, 2.05) is 13.8 Å². The summed E-state index contributed by atoms with van der Waals surface area (Å²) in [5.74, 6) is -0.619. The molecule has 5 N–H and O–H groups in total. The lowest BCUT2D eigenvalue weighted by Crippen LogP contribution is -2.30. The first-order valence-corrected chi connectivity index (χ1v) is 9.05. The van der Waals surface area contributed by atoms with E-state index in [1.165, 1.54) is 13.0 Å². The monoisotopic (exact) mass is 380 g/mol.